The van der Waals surface area contributed by atoms with E-state index < -0.39 is 0 Å². The molecule has 1 heterocycles. The van der Waals surface area contributed by atoms with Gasteiger partial charge in [0.2, 0.25) is 0 Å². The third kappa shape index (κ3) is 3.22. The number of methoxy groups -OCH3 is 1. The summed E-state index contributed by atoms with van der Waals surface area (Å²) in [7, 11) is 1.54. The second kappa shape index (κ2) is 6.61. The summed E-state index contributed by atoms with van der Waals surface area (Å²) in [5.74, 6) is 1.06. The number of phenols is 1. The van der Waals surface area contributed by atoms with Gasteiger partial charge >= 0.3 is 0 Å². The van der Waals surface area contributed by atoms with Crippen molar-refractivity contribution in [1.82, 2.24) is 4.90 Å². The number of likely N-dealkylation sites (tertiary alicyclic amines) is 1. The van der Waals surface area contributed by atoms with Crippen LogP contribution in [0.2, 0.25) is 0 Å². The maximum absolute atomic E-state index is 12.4. The molecular weight excluding hydrogens is 256 g/mol. The number of aromatic hydroxyl groups is 1. The lowest BCUT2D eigenvalue weighted by molar-refractivity contribution is 0.0684. The molecule has 1 saturated heterocycles. The van der Waals surface area contributed by atoms with Crippen LogP contribution in [0.15, 0.2) is 18.2 Å². The van der Waals surface area contributed by atoms with Crippen molar-refractivity contribution in [3.8, 4) is 11.5 Å². The average molecular weight is 278 g/mol. The number of phenolic OH excluding ortho intramolecular Hbond substituents is 1. The van der Waals surface area contributed by atoms with E-state index in [1.165, 1.54) is 6.07 Å². The third-order valence-electron chi connectivity index (χ3n) is 3.91. The number of carbonyl (C=O) groups is 1. The van der Waals surface area contributed by atoms with Gasteiger partial charge in [-0.25, -0.2) is 0 Å². The van der Waals surface area contributed by atoms with Gasteiger partial charge in [0.1, 0.15) is 11.5 Å². The molecule has 110 valence electrons. The molecule has 0 spiro atoms. The molecule has 0 radical (unpaired) electrons. The second-order valence-electron chi connectivity index (χ2n) is 5.20. The molecule has 1 aliphatic heterocycles. The Morgan fingerprint density at radius 1 is 1.45 bits per heavy atom. The molecule has 0 saturated carbocycles. The largest absolute Gasteiger partial charge is 0.507 e. The average Bonchev–Trinajstić information content (AvgIpc) is 2.48. The third-order valence-corrected chi connectivity index (χ3v) is 3.91. The van der Waals surface area contributed by atoms with Crippen LogP contribution in [0.25, 0.3) is 0 Å². The molecule has 5 heteroatoms. The van der Waals surface area contributed by atoms with E-state index in [9.17, 15) is 9.90 Å². The van der Waals surface area contributed by atoms with E-state index in [4.69, 9.17) is 10.5 Å². The Morgan fingerprint density at radius 3 is 2.75 bits per heavy atom. The van der Waals surface area contributed by atoms with Gasteiger partial charge in [0.15, 0.2) is 0 Å². The number of hydrogen-bond donors (Lipinski definition) is 2. The number of benzene rings is 1. The van der Waals surface area contributed by atoms with E-state index in [1.54, 1.807) is 24.1 Å². The number of piperidine rings is 1. The summed E-state index contributed by atoms with van der Waals surface area (Å²) in [6.07, 6.45) is 2.98. The second-order valence-corrected chi connectivity index (χ2v) is 5.20. The highest BCUT2D eigenvalue weighted by Crippen LogP contribution is 2.27. The number of amides is 1. The Bertz CT molecular complexity index is 468. The van der Waals surface area contributed by atoms with Crippen molar-refractivity contribution in [2.75, 3.05) is 26.7 Å². The lowest BCUT2D eigenvalue weighted by atomic mass is 9.93. The number of ether oxygens (including phenoxy) is 1. The van der Waals surface area contributed by atoms with E-state index >= 15 is 0 Å². The van der Waals surface area contributed by atoms with Gasteiger partial charge in [-0.1, -0.05) is 0 Å². The molecule has 0 bridgehead atoms. The van der Waals surface area contributed by atoms with Crippen molar-refractivity contribution in [2.45, 2.75) is 19.3 Å². The van der Waals surface area contributed by atoms with Crippen LogP contribution in [-0.4, -0.2) is 42.7 Å². The first-order valence-electron chi connectivity index (χ1n) is 7.02. The summed E-state index contributed by atoms with van der Waals surface area (Å²) >= 11 is 0. The molecule has 0 unspecified atom stereocenters. The van der Waals surface area contributed by atoms with Crippen LogP contribution in [0.4, 0.5) is 0 Å². The van der Waals surface area contributed by atoms with Gasteiger partial charge in [0.25, 0.3) is 5.91 Å². The van der Waals surface area contributed by atoms with Crippen molar-refractivity contribution in [3.05, 3.63) is 23.8 Å². The normalized spacial score (nSPS) is 16.2. The Hall–Kier alpha value is -1.75. The zero-order chi connectivity index (χ0) is 14.5. The molecule has 20 heavy (non-hydrogen) atoms. The fraction of sp³-hybridized carbons (Fsp3) is 0.533. The van der Waals surface area contributed by atoms with Gasteiger partial charge in [0, 0.05) is 13.1 Å². The molecule has 1 aromatic rings. The number of nitrogens with two attached hydrogens (primary N) is 1. The number of nitrogens with zero attached hydrogens (tertiary/aromatic N) is 1. The lowest BCUT2D eigenvalue weighted by Gasteiger charge is -2.32. The van der Waals surface area contributed by atoms with Crippen LogP contribution in [0.1, 0.15) is 29.6 Å². The predicted molar refractivity (Wildman–Crippen MR) is 77.0 cm³/mol. The number of carbonyl (C=O) groups excluding carboxylic acids is 1. The predicted octanol–water partition coefficient (Wildman–Crippen LogP) is 1.60. The van der Waals surface area contributed by atoms with Gasteiger partial charge in [-0.3, -0.25) is 4.79 Å². The molecular formula is C15H22N2O3. The van der Waals surface area contributed by atoms with Gasteiger partial charge < -0.3 is 20.5 Å². The summed E-state index contributed by atoms with van der Waals surface area (Å²) in [5, 5.41) is 9.85. The SMILES string of the molecule is COc1ccc(O)c(C(=O)N2CCC(CCN)CC2)c1. The summed E-state index contributed by atoms with van der Waals surface area (Å²) in [6.45, 7) is 2.15. The van der Waals surface area contributed by atoms with Gasteiger partial charge in [-0.05, 0) is 49.9 Å². The smallest absolute Gasteiger partial charge is 0.257 e. The van der Waals surface area contributed by atoms with Crippen LogP contribution >= 0.6 is 0 Å². The fourth-order valence-corrected chi connectivity index (χ4v) is 2.64. The van der Waals surface area contributed by atoms with Crippen molar-refractivity contribution in [2.24, 2.45) is 11.7 Å². The first-order chi connectivity index (χ1) is 9.65. The quantitative estimate of drug-likeness (QED) is 0.877. The molecule has 0 aliphatic carbocycles. The zero-order valence-corrected chi connectivity index (χ0v) is 11.8. The van der Waals surface area contributed by atoms with E-state index in [0.717, 1.165) is 32.4 Å². The van der Waals surface area contributed by atoms with Gasteiger partial charge in [-0.15, -0.1) is 0 Å². The van der Waals surface area contributed by atoms with Crippen LogP contribution in [0, 0.1) is 5.92 Å². The molecule has 5 nitrogen and oxygen atoms in total. The van der Waals surface area contributed by atoms with Crippen molar-refractivity contribution in [1.29, 1.82) is 0 Å². The van der Waals surface area contributed by atoms with E-state index in [-0.39, 0.29) is 11.7 Å². The van der Waals surface area contributed by atoms with Crippen LogP contribution in [0.5, 0.6) is 11.5 Å². The Balaban J connectivity index is 2.05. The topological polar surface area (TPSA) is 75.8 Å². The Kier molecular flexibility index (Phi) is 4.84. The first kappa shape index (κ1) is 14.7. The molecule has 1 aromatic carbocycles. The van der Waals surface area contributed by atoms with Crippen molar-refractivity contribution >= 4 is 5.91 Å². The van der Waals surface area contributed by atoms with E-state index in [2.05, 4.69) is 0 Å². The van der Waals surface area contributed by atoms with Crippen LogP contribution in [-0.2, 0) is 0 Å². The number of hydrogen-bond acceptors (Lipinski definition) is 4. The maximum atomic E-state index is 12.4. The molecule has 3 N–H and O–H groups in total. The molecule has 1 aliphatic rings. The monoisotopic (exact) mass is 278 g/mol. The molecule has 2 rings (SSSR count). The minimum Gasteiger partial charge on any atom is -0.507 e. The standard InChI is InChI=1S/C15H22N2O3/c1-20-12-2-3-14(18)13(10-12)15(19)17-8-5-11(4-7-16)6-9-17/h2-3,10-11,18H,4-9,16H2,1H3. The zero-order valence-electron chi connectivity index (χ0n) is 11.8. The van der Waals surface area contributed by atoms with Crippen LogP contribution in [0.3, 0.4) is 0 Å². The highest BCUT2D eigenvalue weighted by molar-refractivity contribution is 5.97. The summed E-state index contributed by atoms with van der Waals surface area (Å²) in [6, 6.07) is 4.72. The van der Waals surface area contributed by atoms with E-state index in [1.807, 2.05) is 0 Å². The lowest BCUT2D eigenvalue weighted by Crippen LogP contribution is -2.38. The summed E-state index contributed by atoms with van der Waals surface area (Å²) in [4.78, 5) is 14.2. The molecule has 1 amide bonds. The van der Waals surface area contributed by atoms with Crippen molar-refractivity contribution in [3.63, 3.8) is 0 Å². The maximum Gasteiger partial charge on any atom is 0.257 e. The first-order valence-corrected chi connectivity index (χ1v) is 7.02. The van der Waals surface area contributed by atoms with Crippen LogP contribution < -0.4 is 10.5 Å². The molecule has 0 atom stereocenters. The Morgan fingerprint density at radius 2 is 2.15 bits per heavy atom. The highest BCUT2D eigenvalue weighted by atomic mass is 16.5. The minimum atomic E-state index is -0.132. The molecule has 1 fully saturated rings. The Labute approximate surface area is 119 Å². The van der Waals surface area contributed by atoms with Gasteiger partial charge in [-0.2, -0.15) is 0 Å². The van der Waals surface area contributed by atoms with E-state index in [0.29, 0.717) is 23.8 Å². The number of rotatable bonds is 4. The summed E-state index contributed by atoms with van der Waals surface area (Å²) < 4.78 is 5.10. The van der Waals surface area contributed by atoms with Crippen molar-refractivity contribution < 1.29 is 14.6 Å². The highest BCUT2D eigenvalue weighted by Gasteiger charge is 2.25. The summed E-state index contributed by atoms with van der Waals surface area (Å²) in [5.41, 5.74) is 5.88. The minimum absolute atomic E-state index is 0.000110. The molecule has 0 aromatic heterocycles. The van der Waals surface area contributed by atoms with Gasteiger partial charge in [0.05, 0.1) is 12.7 Å². The fourth-order valence-electron chi connectivity index (χ4n) is 2.64.